The summed E-state index contributed by atoms with van der Waals surface area (Å²) in [4.78, 5) is 4.82. The first-order valence-corrected chi connectivity index (χ1v) is 6.22. The molecule has 0 aliphatic rings. The fourth-order valence-electron chi connectivity index (χ4n) is 0.784. The summed E-state index contributed by atoms with van der Waals surface area (Å²) in [5, 5.41) is 8.54. The predicted octanol–water partition coefficient (Wildman–Crippen LogP) is 0.526. The topological polar surface area (TPSA) is 67.3 Å². The standard InChI is InChI=1S/C7H11NO3S2/c1-5-6(2)12-7(8-5)13(10,11)4-3-9/h9H,3-4H2,1-2H3. The Labute approximate surface area is 81.2 Å². The smallest absolute Gasteiger partial charge is 0.209 e. The quantitative estimate of drug-likeness (QED) is 0.808. The molecule has 0 aliphatic carbocycles. The average Bonchev–Trinajstić information content (AvgIpc) is 2.33. The molecule has 0 bridgehead atoms. The maximum absolute atomic E-state index is 11.4. The number of nitrogens with zero attached hydrogens (tertiary/aromatic N) is 1. The lowest BCUT2D eigenvalue weighted by Crippen LogP contribution is -2.09. The molecule has 0 amide bonds. The molecule has 0 saturated carbocycles. The van der Waals surface area contributed by atoms with Gasteiger partial charge in [0.05, 0.1) is 18.1 Å². The Kier molecular flexibility index (Phi) is 3.05. The van der Waals surface area contributed by atoms with Crippen molar-refractivity contribution in [3.63, 3.8) is 0 Å². The molecule has 1 N–H and O–H groups in total. The van der Waals surface area contributed by atoms with E-state index in [0.29, 0.717) is 0 Å². The first kappa shape index (κ1) is 10.6. The highest BCUT2D eigenvalue weighted by molar-refractivity contribution is 7.93. The largest absolute Gasteiger partial charge is 0.395 e. The minimum Gasteiger partial charge on any atom is -0.395 e. The average molecular weight is 221 g/mol. The number of thiazole rings is 1. The van der Waals surface area contributed by atoms with E-state index in [-0.39, 0.29) is 16.7 Å². The van der Waals surface area contributed by atoms with Gasteiger partial charge in [-0.2, -0.15) is 0 Å². The molecule has 1 heterocycles. The number of rotatable bonds is 3. The highest BCUT2D eigenvalue weighted by Crippen LogP contribution is 2.21. The van der Waals surface area contributed by atoms with E-state index in [1.54, 1.807) is 6.92 Å². The van der Waals surface area contributed by atoms with Gasteiger partial charge in [-0.25, -0.2) is 13.4 Å². The van der Waals surface area contributed by atoms with Crippen molar-refractivity contribution in [2.75, 3.05) is 12.4 Å². The summed E-state index contributed by atoms with van der Waals surface area (Å²) < 4.78 is 22.9. The summed E-state index contributed by atoms with van der Waals surface area (Å²) in [6.07, 6.45) is 0. The molecular formula is C7H11NO3S2. The Balaban J connectivity index is 3.08. The predicted molar refractivity (Wildman–Crippen MR) is 50.7 cm³/mol. The fourth-order valence-corrected chi connectivity index (χ4v) is 3.25. The minimum absolute atomic E-state index is 0.108. The molecule has 0 saturated heterocycles. The van der Waals surface area contributed by atoms with E-state index in [2.05, 4.69) is 4.98 Å². The summed E-state index contributed by atoms with van der Waals surface area (Å²) in [5.41, 5.74) is 0.738. The highest BCUT2D eigenvalue weighted by Gasteiger charge is 2.18. The lowest BCUT2D eigenvalue weighted by molar-refractivity contribution is 0.319. The van der Waals surface area contributed by atoms with Crippen LogP contribution in [0.3, 0.4) is 0 Å². The van der Waals surface area contributed by atoms with Crippen LogP contribution in [0.5, 0.6) is 0 Å². The van der Waals surface area contributed by atoms with E-state index < -0.39 is 9.84 Å². The monoisotopic (exact) mass is 221 g/mol. The molecule has 1 rings (SSSR count). The van der Waals surface area contributed by atoms with E-state index in [4.69, 9.17) is 5.11 Å². The lowest BCUT2D eigenvalue weighted by Gasteiger charge is -1.94. The maximum Gasteiger partial charge on any atom is 0.209 e. The summed E-state index contributed by atoms with van der Waals surface area (Å²) in [5.74, 6) is -0.251. The van der Waals surface area contributed by atoms with Crippen LogP contribution in [0, 0.1) is 13.8 Å². The summed E-state index contributed by atoms with van der Waals surface area (Å²) in [6.45, 7) is 3.23. The van der Waals surface area contributed by atoms with Gasteiger partial charge in [0.15, 0.2) is 0 Å². The first-order chi connectivity index (χ1) is 5.97. The molecule has 1 aromatic heterocycles. The van der Waals surface area contributed by atoms with Gasteiger partial charge < -0.3 is 5.11 Å². The molecule has 0 spiro atoms. The number of aliphatic hydroxyl groups excluding tert-OH is 1. The van der Waals surface area contributed by atoms with Crippen LogP contribution >= 0.6 is 11.3 Å². The van der Waals surface area contributed by atoms with Gasteiger partial charge in [0.2, 0.25) is 14.2 Å². The molecule has 0 aliphatic heterocycles. The Morgan fingerprint density at radius 3 is 2.46 bits per heavy atom. The van der Waals surface area contributed by atoms with Gasteiger partial charge in [0, 0.05) is 4.88 Å². The van der Waals surface area contributed by atoms with Gasteiger partial charge >= 0.3 is 0 Å². The Bertz CT molecular complexity index is 374. The van der Waals surface area contributed by atoms with Crippen LogP contribution in [0.1, 0.15) is 10.6 Å². The van der Waals surface area contributed by atoms with Crippen molar-refractivity contribution in [3.8, 4) is 0 Å². The second-order valence-electron chi connectivity index (χ2n) is 2.66. The van der Waals surface area contributed by atoms with Crippen molar-refractivity contribution in [2.24, 2.45) is 0 Å². The van der Waals surface area contributed by atoms with E-state index in [1.807, 2.05) is 6.92 Å². The molecule has 0 radical (unpaired) electrons. The molecule has 74 valence electrons. The molecule has 13 heavy (non-hydrogen) atoms. The van der Waals surface area contributed by atoms with Crippen molar-refractivity contribution in [2.45, 2.75) is 18.2 Å². The molecular weight excluding hydrogens is 210 g/mol. The van der Waals surface area contributed by atoms with Crippen LogP contribution in [0.25, 0.3) is 0 Å². The van der Waals surface area contributed by atoms with E-state index >= 15 is 0 Å². The molecule has 6 heteroatoms. The van der Waals surface area contributed by atoms with Crippen molar-refractivity contribution in [1.29, 1.82) is 0 Å². The number of aromatic nitrogens is 1. The van der Waals surface area contributed by atoms with Crippen LogP contribution in [-0.2, 0) is 9.84 Å². The zero-order valence-electron chi connectivity index (χ0n) is 7.44. The van der Waals surface area contributed by atoms with Crippen LogP contribution < -0.4 is 0 Å². The Morgan fingerprint density at radius 1 is 1.46 bits per heavy atom. The van der Waals surface area contributed by atoms with E-state index in [9.17, 15) is 8.42 Å². The van der Waals surface area contributed by atoms with Crippen molar-refractivity contribution in [1.82, 2.24) is 4.98 Å². The Morgan fingerprint density at radius 2 is 2.08 bits per heavy atom. The van der Waals surface area contributed by atoms with Gasteiger partial charge in [-0.1, -0.05) is 0 Å². The first-order valence-electron chi connectivity index (χ1n) is 3.75. The van der Waals surface area contributed by atoms with Gasteiger partial charge in [-0.3, -0.25) is 0 Å². The van der Waals surface area contributed by atoms with Crippen LogP contribution in [0.2, 0.25) is 0 Å². The van der Waals surface area contributed by atoms with Crippen molar-refractivity contribution in [3.05, 3.63) is 10.6 Å². The SMILES string of the molecule is Cc1nc(S(=O)(=O)CCO)sc1C. The summed E-state index contributed by atoms with van der Waals surface area (Å²) in [7, 11) is -3.35. The molecule has 4 nitrogen and oxygen atoms in total. The maximum atomic E-state index is 11.4. The molecule has 0 atom stereocenters. The third-order valence-electron chi connectivity index (χ3n) is 1.63. The second kappa shape index (κ2) is 3.73. The van der Waals surface area contributed by atoms with Gasteiger partial charge in [-0.15, -0.1) is 11.3 Å². The molecule has 0 fully saturated rings. The second-order valence-corrected chi connectivity index (χ2v) is 6.15. The number of sulfone groups is 1. The molecule has 0 aromatic carbocycles. The number of aliphatic hydroxyl groups is 1. The Hall–Kier alpha value is -0.460. The molecule has 0 unspecified atom stereocenters. The van der Waals surface area contributed by atoms with E-state index in [0.717, 1.165) is 21.9 Å². The lowest BCUT2D eigenvalue weighted by atomic mass is 10.4. The third-order valence-corrected chi connectivity index (χ3v) is 4.86. The number of aryl methyl sites for hydroxylation is 2. The van der Waals surface area contributed by atoms with Gasteiger partial charge in [-0.05, 0) is 13.8 Å². The zero-order chi connectivity index (χ0) is 10.1. The van der Waals surface area contributed by atoms with Crippen LogP contribution in [0.15, 0.2) is 4.34 Å². The highest BCUT2D eigenvalue weighted by atomic mass is 32.2. The fraction of sp³-hybridized carbons (Fsp3) is 0.571. The number of hydrogen-bond acceptors (Lipinski definition) is 5. The summed E-state index contributed by atoms with van der Waals surface area (Å²) >= 11 is 1.15. The summed E-state index contributed by atoms with van der Waals surface area (Å²) in [6, 6.07) is 0. The zero-order valence-corrected chi connectivity index (χ0v) is 9.07. The molecule has 1 aromatic rings. The van der Waals surface area contributed by atoms with Crippen LogP contribution in [0.4, 0.5) is 0 Å². The van der Waals surface area contributed by atoms with E-state index in [1.165, 1.54) is 0 Å². The normalized spacial score (nSPS) is 11.9. The van der Waals surface area contributed by atoms with Crippen molar-refractivity contribution < 1.29 is 13.5 Å². The van der Waals surface area contributed by atoms with Gasteiger partial charge in [0.25, 0.3) is 0 Å². The number of hydrogen-bond donors (Lipinski definition) is 1. The third kappa shape index (κ3) is 2.26. The van der Waals surface area contributed by atoms with Crippen LogP contribution in [-0.4, -0.2) is 30.9 Å². The minimum atomic E-state index is -3.35. The van der Waals surface area contributed by atoms with Crippen molar-refractivity contribution >= 4 is 21.2 Å². The van der Waals surface area contributed by atoms with Gasteiger partial charge in [0.1, 0.15) is 0 Å².